The third-order valence-electron chi connectivity index (χ3n) is 10.9. The summed E-state index contributed by atoms with van der Waals surface area (Å²) >= 11 is 0. The van der Waals surface area contributed by atoms with E-state index in [1.807, 2.05) is 0 Å². The first-order valence-electron chi connectivity index (χ1n) is 19.1. The first-order chi connectivity index (χ1) is 24.3. The third kappa shape index (κ3) is 14.9. The highest BCUT2D eigenvalue weighted by atomic mass is 16.2. The van der Waals surface area contributed by atoms with Gasteiger partial charge in [-0.1, -0.05) is 12.8 Å². The maximum absolute atomic E-state index is 13.0. The van der Waals surface area contributed by atoms with Crippen LogP contribution in [0.15, 0.2) is 0 Å². The van der Waals surface area contributed by atoms with E-state index in [0.717, 1.165) is 0 Å². The van der Waals surface area contributed by atoms with Crippen molar-refractivity contribution < 1.29 is 52.7 Å². The fraction of sp³-hybridized carbons (Fsp3) is 0.725. The van der Waals surface area contributed by atoms with Gasteiger partial charge in [0.25, 0.3) is 0 Å². The molecule has 0 aromatic heterocycles. The van der Waals surface area contributed by atoms with Gasteiger partial charge in [0.1, 0.15) is 63.6 Å². The Hall–Kier alpha value is -3.63. The largest absolute Gasteiger partial charge is 0.300 e. The van der Waals surface area contributed by atoms with Crippen LogP contribution in [0.5, 0.6) is 0 Å². The minimum atomic E-state index is -0.503. The van der Waals surface area contributed by atoms with Crippen LogP contribution in [-0.4, -0.2) is 63.6 Å². The summed E-state index contributed by atoms with van der Waals surface area (Å²) in [6.45, 7) is 0. The quantitative estimate of drug-likeness (QED) is 0.309. The molecule has 0 saturated heterocycles. The zero-order chi connectivity index (χ0) is 37.3. The number of carbonyl (C=O) groups excluding carboxylic acids is 11. The maximum atomic E-state index is 13.0. The van der Waals surface area contributed by atoms with Gasteiger partial charge in [0.2, 0.25) is 0 Å². The molecule has 0 spiro atoms. The predicted molar refractivity (Wildman–Crippen MR) is 184 cm³/mol. The summed E-state index contributed by atoms with van der Waals surface area (Å²) < 4.78 is 0. The Bertz CT molecular complexity index is 1370. The predicted octanol–water partition coefficient (Wildman–Crippen LogP) is 5.50. The van der Waals surface area contributed by atoms with Crippen molar-refractivity contribution in [1.29, 1.82) is 0 Å². The third-order valence-corrected chi connectivity index (χ3v) is 10.9. The summed E-state index contributed by atoms with van der Waals surface area (Å²) in [5.41, 5.74) is 0. The molecule has 0 radical (unpaired) electrons. The Morgan fingerprint density at radius 1 is 0.216 bits per heavy atom. The van der Waals surface area contributed by atoms with Crippen LogP contribution in [0.3, 0.4) is 0 Å². The van der Waals surface area contributed by atoms with Crippen LogP contribution in [0.4, 0.5) is 0 Å². The topological polar surface area (TPSA) is 188 Å². The molecule has 3 rings (SSSR count). The highest BCUT2D eigenvalue weighted by molar-refractivity contribution is 5.96. The van der Waals surface area contributed by atoms with Gasteiger partial charge in [-0.3, -0.25) is 52.7 Å². The second-order valence-corrected chi connectivity index (χ2v) is 14.8. The normalized spacial score (nSPS) is 28.4. The molecule has 0 N–H and O–H groups in total. The van der Waals surface area contributed by atoms with Crippen molar-refractivity contribution in [2.24, 2.45) is 23.7 Å². The fourth-order valence-corrected chi connectivity index (χ4v) is 7.73. The van der Waals surface area contributed by atoms with Crippen molar-refractivity contribution in [2.45, 2.75) is 161 Å². The monoisotopic (exact) mass is 710 g/mol. The number of rotatable bonds is 0. The summed E-state index contributed by atoms with van der Waals surface area (Å²) in [7, 11) is 0. The van der Waals surface area contributed by atoms with Gasteiger partial charge in [-0.2, -0.15) is 0 Å². The van der Waals surface area contributed by atoms with E-state index in [0.29, 0.717) is 44.9 Å². The molecule has 280 valence electrons. The van der Waals surface area contributed by atoms with Gasteiger partial charge in [0, 0.05) is 139 Å². The number of hydrogen-bond acceptors (Lipinski definition) is 11. The minimum absolute atomic E-state index is 0.00793. The second-order valence-electron chi connectivity index (χ2n) is 14.8. The van der Waals surface area contributed by atoms with E-state index in [9.17, 15) is 52.7 Å². The molecular formula is C40H54O11. The lowest BCUT2D eigenvalue weighted by Crippen LogP contribution is -2.26. The minimum Gasteiger partial charge on any atom is -0.300 e. The van der Waals surface area contributed by atoms with Gasteiger partial charge in [-0.05, 0) is 32.1 Å². The lowest BCUT2D eigenvalue weighted by molar-refractivity contribution is -0.133. The first kappa shape index (κ1) is 41.8. The number of Topliss-reactive ketones (excluding diaryl/α,β-unsaturated/α-hetero) is 11. The van der Waals surface area contributed by atoms with Crippen molar-refractivity contribution >= 4 is 63.6 Å². The molecule has 3 aliphatic rings. The molecule has 3 aliphatic carbocycles. The van der Waals surface area contributed by atoms with Crippen molar-refractivity contribution in [1.82, 2.24) is 0 Å². The van der Waals surface area contributed by atoms with Crippen LogP contribution in [0, 0.1) is 23.7 Å². The summed E-state index contributed by atoms with van der Waals surface area (Å²) in [6, 6.07) is 0. The first-order valence-corrected chi connectivity index (χ1v) is 19.1. The van der Waals surface area contributed by atoms with Crippen LogP contribution in [0.2, 0.25) is 0 Å². The van der Waals surface area contributed by atoms with Crippen LogP contribution < -0.4 is 0 Å². The van der Waals surface area contributed by atoms with Crippen molar-refractivity contribution in [2.75, 3.05) is 0 Å². The van der Waals surface area contributed by atoms with Gasteiger partial charge < -0.3 is 0 Å². The fourth-order valence-electron chi connectivity index (χ4n) is 7.73. The summed E-state index contributed by atoms with van der Waals surface area (Å²) in [4.78, 5) is 138. The van der Waals surface area contributed by atoms with E-state index in [1.165, 1.54) is 0 Å². The highest BCUT2D eigenvalue weighted by Crippen LogP contribution is 2.36. The Morgan fingerprint density at radius 3 is 0.608 bits per heavy atom. The van der Waals surface area contributed by atoms with Crippen LogP contribution in [-0.2, 0) is 52.7 Å². The summed E-state index contributed by atoms with van der Waals surface area (Å²) in [5, 5.41) is 0. The molecule has 0 aromatic carbocycles. The van der Waals surface area contributed by atoms with Gasteiger partial charge in [-0.25, -0.2) is 0 Å². The molecule has 11 nitrogen and oxygen atoms in total. The van der Waals surface area contributed by atoms with E-state index in [-0.39, 0.29) is 179 Å². The lowest BCUT2D eigenvalue weighted by Gasteiger charge is -2.17. The number of fused-ring (bicyclic) bond motifs is 2. The van der Waals surface area contributed by atoms with Crippen molar-refractivity contribution in [3.63, 3.8) is 0 Å². The Labute approximate surface area is 300 Å². The van der Waals surface area contributed by atoms with E-state index in [2.05, 4.69) is 0 Å². The van der Waals surface area contributed by atoms with E-state index >= 15 is 0 Å². The summed E-state index contributed by atoms with van der Waals surface area (Å²) in [6.07, 6.45) is 3.82. The number of hydrogen-bond donors (Lipinski definition) is 0. The standard InChI is InChI=1S/C40H54O11/c41-26-4-1-5-27(42)18-22-37(48)33-6-2-7-34(33)38(49)24-20-31(46)16-17-32(47)21-25-40(51)36-9-3-8-35(36)39(50)23-19-30(45)15-14-29(44)13-12-28(43)11-10-26/h33-36H,1-25H2. The molecular weight excluding hydrogens is 656 g/mol. The van der Waals surface area contributed by atoms with Gasteiger partial charge in [-0.15, -0.1) is 0 Å². The van der Waals surface area contributed by atoms with Crippen molar-refractivity contribution in [3.05, 3.63) is 0 Å². The van der Waals surface area contributed by atoms with Crippen LogP contribution >= 0.6 is 0 Å². The zero-order valence-electron chi connectivity index (χ0n) is 30.0. The van der Waals surface area contributed by atoms with Gasteiger partial charge in [0.15, 0.2) is 0 Å². The van der Waals surface area contributed by atoms with Crippen LogP contribution in [0.25, 0.3) is 0 Å². The van der Waals surface area contributed by atoms with Crippen molar-refractivity contribution in [3.8, 4) is 0 Å². The zero-order valence-corrected chi connectivity index (χ0v) is 30.0. The molecule has 4 unspecified atom stereocenters. The molecule has 0 aromatic rings. The molecule has 3 fully saturated rings. The second kappa shape index (κ2) is 21.7. The molecule has 3 saturated carbocycles. The Morgan fingerprint density at radius 2 is 0.392 bits per heavy atom. The Kier molecular flexibility index (Phi) is 17.8. The van der Waals surface area contributed by atoms with E-state index in [1.54, 1.807) is 0 Å². The molecule has 0 amide bonds. The van der Waals surface area contributed by atoms with Crippen LogP contribution in [0.1, 0.15) is 161 Å². The molecule has 4 atom stereocenters. The average molecular weight is 711 g/mol. The summed E-state index contributed by atoms with van der Waals surface area (Å²) in [5.74, 6) is -4.14. The lowest BCUT2D eigenvalue weighted by atomic mass is 9.84. The highest BCUT2D eigenvalue weighted by Gasteiger charge is 2.38. The van der Waals surface area contributed by atoms with E-state index in [4.69, 9.17) is 0 Å². The number of ketones is 11. The molecule has 11 heteroatoms. The molecule has 0 heterocycles. The average Bonchev–Trinajstić information content (AvgIpc) is 3.81. The van der Waals surface area contributed by atoms with Gasteiger partial charge in [0.05, 0.1) is 0 Å². The number of carbonyl (C=O) groups is 11. The Balaban J connectivity index is 1.56. The van der Waals surface area contributed by atoms with Gasteiger partial charge >= 0.3 is 0 Å². The SMILES string of the molecule is O=C1CCCC(=O)CCC(=O)C2CCCC2C(=O)CCC(=O)CCC(=O)CCC(=O)C2CCCC2C(=O)CCC(=O)CCC(=O)CCC(=O)CC1. The molecule has 0 bridgehead atoms. The maximum Gasteiger partial charge on any atom is 0.137 e. The molecule has 0 aliphatic heterocycles. The molecule has 51 heavy (non-hydrogen) atoms. The van der Waals surface area contributed by atoms with E-state index < -0.39 is 23.7 Å². The smallest absolute Gasteiger partial charge is 0.137 e.